The Morgan fingerprint density at radius 1 is 1.45 bits per heavy atom. The minimum absolute atomic E-state index is 0.101. The number of nitrogens with zero attached hydrogens (tertiary/aromatic N) is 3. The molecule has 0 spiro atoms. The molecule has 0 radical (unpaired) electrons. The number of benzene rings is 1. The zero-order valence-electron chi connectivity index (χ0n) is 10.8. The summed E-state index contributed by atoms with van der Waals surface area (Å²) >= 11 is 0. The Morgan fingerprint density at radius 3 is 2.65 bits per heavy atom. The van der Waals surface area contributed by atoms with Crippen molar-refractivity contribution in [2.45, 2.75) is 13.0 Å². The van der Waals surface area contributed by atoms with Gasteiger partial charge in [-0.05, 0) is 30.2 Å². The molecule has 0 heterocycles. The van der Waals surface area contributed by atoms with E-state index in [1.807, 2.05) is 0 Å². The summed E-state index contributed by atoms with van der Waals surface area (Å²) in [5.74, 6) is -2.23. The molecule has 1 rings (SSSR count). The molecule has 20 heavy (non-hydrogen) atoms. The number of rotatable bonds is 7. The van der Waals surface area contributed by atoms with Crippen molar-refractivity contribution in [1.82, 2.24) is 5.32 Å². The van der Waals surface area contributed by atoms with Gasteiger partial charge in [0.25, 0.3) is 0 Å². The Labute approximate surface area is 114 Å². The fourth-order valence-corrected chi connectivity index (χ4v) is 1.61. The molecule has 0 aliphatic rings. The van der Waals surface area contributed by atoms with E-state index in [-0.39, 0.29) is 25.3 Å². The number of azide groups is 1. The highest BCUT2D eigenvalue weighted by Crippen LogP contribution is 2.18. The van der Waals surface area contributed by atoms with Gasteiger partial charge in [-0.25, -0.2) is 13.6 Å². The van der Waals surface area contributed by atoms with Crippen LogP contribution in [0.15, 0.2) is 23.3 Å². The van der Waals surface area contributed by atoms with Crippen molar-refractivity contribution in [3.8, 4) is 0 Å². The van der Waals surface area contributed by atoms with Crippen molar-refractivity contribution in [3.63, 3.8) is 0 Å². The maximum atomic E-state index is 13.2. The Bertz CT molecular complexity index is 498. The van der Waals surface area contributed by atoms with Gasteiger partial charge in [0.05, 0.1) is 6.61 Å². The number of ether oxygens (including phenoxy) is 1. The normalized spacial score (nSPS) is 11.6. The predicted octanol–water partition coefficient (Wildman–Crippen LogP) is 2.47. The molecule has 1 aromatic rings. The van der Waals surface area contributed by atoms with Crippen LogP contribution < -0.4 is 5.32 Å². The van der Waals surface area contributed by atoms with Crippen LogP contribution in [0.3, 0.4) is 0 Å². The molecule has 1 N–H and O–H groups in total. The topological polar surface area (TPSA) is 87.1 Å². The molecule has 1 atom stereocenters. The van der Waals surface area contributed by atoms with Crippen molar-refractivity contribution in [1.29, 1.82) is 0 Å². The van der Waals surface area contributed by atoms with Gasteiger partial charge in [0.1, 0.15) is 17.7 Å². The van der Waals surface area contributed by atoms with Gasteiger partial charge in [0.15, 0.2) is 0 Å². The summed E-state index contributed by atoms with van der Waals surface area (Å²) in [6.07, 6.45) is 0. The van der Waals surface area contributed by atoms with Crippen LogP contribution in [0.1, 0.15) is 18.5 Å². The zero-order chi connectivity index (χ0) is 15.0. The maximum Gasteiger partial charge on any atom is 0.327 e. The lowest BCUT2D eigenvalue weighted by Crippen LogP contribution is -2.32. The minimum Gasteiger partial charge on any atom is -0.465 e. The van der Waals surface area contributed by atoms with Crippen LogP contribution in [0, 0.1) is 11.6 Å². The smallest absolute Gasteiger partial charge is 0.327 e. The predicted molar refractivity (Wildman–Crippen MR) is 67.7 cm³/mol. The van der Waals surface area contributed by atoms with Crippen LogP contribution in [0.5, 0.6) is 0 Å². The average molecular weight is 284 g/mol. The summed E-state index contributed by atoms with van der Waals surface area (Å²) in [4.78, 5) is 14.4. The largest absolute Gasteiger partial charge is 0.465 e. The third-order valence-electron chi connectivity index (χ3n) is 2.36. The second-order valence-electron chi connectivity index (χ2n) is 3.80. The van der Waals surface area contributed by atoms with Gasteiger partial charge in [-0.3, -0.25) is 0 Å². The quantitative estimate of drug-likeness (QED) is 0.274. The molecule has 0 saturated carbocycles. The molecular formula is C12H14F2N4O2. The van der Waals surface area contributed by atoms with Crippen LogP contribution in [0.25, 0.3) is 10.4 Å². The van der Waals surface area contributed by atoms with E-state index in [4.69, 9.17) is 10.3 Å². The molecule has 1 aromatic carbocycles. The van der Waals surface area contributed by atoms with Gasteiger partial charge in [0.2, 0.25) is 0 Å². The number of hydrogen-bond donors (Lipinski definition) is 1. The SMILES string of the molecule is CCOC(=O)C(NCCN=[N+]=[N-])c1cc(F)cc(F)c1. The lowest BCUT2D eigenvalue weighted by atomic mass is 10.1. The molecule has 0 saturated heterocycles. The van der Waals surface area contributed by atoms with Crippen molar-refractivity contribution in [2.75, 3.05) is 19.7 Å². The fourth-order valence-electron chi connectivity index (χ4n) is 1.61. The molecule has 6 nitrogen and oxygen atoms in total. The highest BCUT2D eigenvalue weighted by Gasteiger charge is 2.22. The number of carbonyl (C=O) groups excluding carboxylic acids is 1. The molecule has 0 amide bonds. The second kappa shape index (κ2) is 8.08. The molecule has 108 valence electrons. The van der Waals surface area contributed by atoms with Crippen LogP contribution in [-0.2, 0) is 9.53 Å². The third kappa shape index (κ3) is 4.83. The van der Waals surface area contributed by atoms with Crippen LogP contribution in [-0.4, -0.2) is 25.7 Å². The van der Waals surface area contributed by atoms with Crippen molar-refractivity contribution < 1.29 is 18.3 Å². The van der Waals surface area contributed by atoms with E-state index in [2.05, 4.69) is 15.3 Å². The Kier molecular flexibility index (Phi) is 6.42. The van der Waals surface area contributed by atoms with Gasteiger partial charge in [-0.1, -0.05) is 5.11 Å². The molecule has 0 bridgehead atoms. The first-order valence-electron chi connectivity index (χ1n) is 5.95. The van der Waals surface area contributed by atoms with Crippen LogP contribution >= 0.6 is 0 Å². The number of esters is 1. The number of nitrogens with one attached hydrogen (secondary N) is 1. The Balaban J connectivity index is 2.90. The van der Waals surface area contributed by atoms with Crippen molar-refractivity contribution in [3.05, 3.63) is 45.8 Å². The monoisotopic (exact) mass is 284 g/mol. The molecule has 8 heteroatoms. The zero-order valence-corrected chi connectivity index (χ0v) is 10.8. The van der Waals surface area contributed by atoms with E-state index in [0.29, 0.717) is 6.07 Å². The molecule has 0 fully saturated rings. The lowest BCUT2D eigenvalue weighted by Gasteiger charge is -2.17. The summed E-state index contributed by atoms with van der Waals surface area (Å²) < 4.78 is 31.2. The first kappa shape index (κ1) is 15.9. The summed E-state index contributed by atoms with van der Waals surface area (Å²) in [6.45, 7) is 2.04. The van der Waals surface area contributed by atoms with Gasteiger partial charge in [-0.2, -0.15) is 0 Å². The maximum absolute atomic E-state index is 13.2. The highest BCUT2D eigenvalue weighted by molar-refractivity contribution is 5.77. The van der Waals surface area contributed by atoms with Crippen LogP contribution in [0.2, 0.25) is 0 Å². The van der Waals surface area contributed by atoms with Crippen LogP contribution in [0.4, 0.5) is 8.78 Å². The van der Waals surface area contributed by atoms with E-state index in [1.54, 1.807) is 6.92 Å². The molecular weight excluding hydrogens is 270 g/mol. The summed E-state index contributed by atoms with van der Waals surface area (Å²) in [5, 5.41) is 6.03. The summed E-state index contributed by atoms with van der Waals surface area (Å²) in [7, 11) is 0. The first-order chi connectivity index (χ1) is 9.58. The van der Waals surface area contributed by atoms with E-state index >= 15 is 0 Å². The summed E-state index contributed by atoms with van der Waals surface area (Å²) in [6, 6.07) is 1.79. The van der Waals surface area contributed by atoms with Crippen molar-refractivity contribution in [2.24, 2.45) is 5.11 Å². The van der Waals surface area contributed by atoms with Gasteiger partial charge >= 0.3 is 5.97 Å². The number of hydrogen-bond acceptors (Lipinski definition) is 4. The van der Waals surface area contributed by atoms with E-state index < -0.39 is 23.6 Å². The molecule has 0 aromatic heterocycles. The van der Waals surface area contributed by atoms with E-state index in [9.17, 15) is 13.6 Å². The second-order valence-corrected chi connectivity index (χ2v) is 3.80. The van der Waals surface area contributed by atoms with Gasteiger partial charge in [0, 0.05) is 24.1 Å². The van der Waals surface area contributed by atoms with Gasteiger partial charge in [-0.15, -0.1) is 0 Å². The number of halogens is 2. The molecule has 1 unspecified atom stereocenters. The lowest BCUT2D eigenvalue weighted by molar-refractivity contribution is -0.145. The Hall–Kier alpha value is -2.18. The Morgan fingerprint density at radius 2 is 2.10 bits per heavy atom. The first-order valence-corrected chi connectivity index (χ1v) is 5.95. The van der Waals surface area contributed by atoms with E-state index in [1.165, 1.54) is 0 Å². The highest BCUT2D eigenvalue weighted by atomic mass is 19.1. The van der Waals surface area contributed by atoms with Crippen molar-refractivity contribution >= 4 is 5.97 Å². The number of carbonyl (C=O) groups is 1. The molecule has 0 aliphatic carbocycles. The average Bonchev–Trinajstić information content (AvgIpc) is 2.37. The third-order valence-corrected chi connectivity index (χ3v) is 2.36. The minimum atomic E-state index is -1.02. The van der Waals surface area contributed by atoms with Gasteiger partial charge < -0.3 is 10.1 Å². The fraction of sp³-hybridized carbons (Fsp3) is 0.417. The summed E-state index contributed by atoms with van der Waals surface area (Å²) in [5.41, 5.74) is 8.27. The molecule has 0 aliphatic heterocycles. The van der Waals surface area contributed by atoms with E-state index in [0.717, 1.165) is 12.1 Å². The standard InChI is InChI=1S/C12H14F2N4O2/c1-2-20-12(19)11(16-3-4-17-18-15)8-5-9(13)7-10(14)6-8/h5-7,11,16H,2-4H2,1H3.